The van der Waals surface area contributed by atoms with E-state index in [1.54, 1.807) is 0 Å². The second kappa shape index (κ2) is 10.9. The van der Waals surface area contributed by atoms with Crippen LogP contribution < -0.4 is 21.3 Å². The molecular formula is C29H34Cl2N4S2. The Bertz CT molecular complexity index is 1110. The molecule has 0 heterocycles. The minimum absolute atomic E-state index is 0.502. The topological polar surface area (TPSA) is 48.1 Å². The molecule has 2 aromatic rings. The number of hydrogen-bond acceptors (Lipinski definition) is 2. The van der Waals surface area contributed by atoms with E-state index in [1.807, 2.05) is 24.3 Å². The summed E-state index contributed by atoms with van der Waals surface area (Å²) >= 11 is 24.4. The number of rotatable bonds is 6. The maximum Gasteiger partial charge on any atom is 0.171 e. The third-order valence-electron chi connectivity index (χ3n) is 9.08. The Labute approximate surface area is 240 Å². The lowest BCUT2D eigenvalue weighted by molar-refractivity contribution is 0.392. The van der Waals surface area contributed by atoms with Crippen LogP contribution >= 0.6 is 47.6 Å². The van der Waals surface area contributed by atoms with E-state index in [1.165, 1.54) is 51.4 Å². The number of benzene rings is 2. The zero-order chi connectivity index (χ0) is 25.5. The van der Waals surface area contributed by atoms with Gasteiger partial charge in [0, 0.05) is 12.1 Å². The van der Waals surface area contributed by atoms with Crippen molar-refractivity contribution < 1.29 is 0 Å². The zero-order valence-electron chi connectivity index (χ0n) is 20.9. The van der Waals surface area contributed by atoms with Crippen molar-refractivity contribution in [2.45, 2.75) is 69.9 Å². The van der Waals surface area contributed by atoms with Crippen LogP contribution in [0, 0.1) is 23.7 Å². The molecule has 6 atom stereocenters. The van der Waals surface area contributed by atoms with E-state index in [9.17, 15) is 0 Å². The van der Waals surface area contributed by atoms with Gasteiger partial charge in [-0.1, -0.05) is 48.2 Å². The van der Waals surface area contributed by atoms with E-state index in [2.05, 4.69) is 33.4 Å². The van der Waals surface area contributed by atoms with Gasteiger partial charge in [0.2, 0.25) is 0 Å². The summed E-state index contributed by atoms with van der Waals surface area (Å²) in [4.78, 5) is 0. The van der Waals surface area contributed by atoms with Crippen molar-refractivity contribution in [3.8, 4) is 0 Å². The zero-order valence-corrected chi connectivity index (χ0v) is 24.0. The lowest BCUT2D eigenvalue weighted by Crippen LogP contribution is -2.40. The molecule has 4 nitrogen and oxygen atoms in total. The first-order chi connectivity index (χ1) is 17.9. The second-order valence-electron chi connectivity index (χ2n) is 11.6. The Morgan fingerprint density at radius 2 is 1.14 bits per heavy atom. The molecule has 4 aliphatic rings. The highest BCUT2D eigenvalue weighted by Gasteiger charge is 2.40. The number of thiocarbonyl (C=S) groups is 2. The minimum Gasteiger partial charge on any atom is -0.359 e. The summed E-state index contributed by atoms with van der Waals surface area (Å²) in [6, 6.07) is 13.2. The highest BCUT2D eigenvalue weighted by Crippen LogP contribution is 2.45. The molecule has 0 spiro atoms. The Kier molecular flexibility index (Phi) is 7.54. The molecule has 4 N–H and O–H groups in total. The van der Waals surface area contributed by atoms with E-state index in [4.69, 9.17) is 47.6 Å². The van der Waals surface area contributed by atoms with Crippen LogP contribution in [-0.2, 0) is 6.42 Å². The molecule has 0 unspecified atom stereocenters. The van der Waals surface area contributed by atoms with Gasteiger partial charge in [-0.15, -0.1) is 0 Å². The van der Waals surface area contributed by atoms with Gasteiger partial charge in [0.1, 0.15) is 0 Å². The lowest BCUT2D eigenvalue weighted by atomic mass is 9.95. The lowest BCUT2D eigenvalue weighted by Gasteiger charge is -2.25. The number of nitrogens with one attached hydrogen (secondary N) is 4. The van der Waals surface area contributed by atoms with Crippen LogP contribution in [0.3, 0.4) is 0 Å². The average molecular weight is 574 g/mol. The molecular weight excluding hydrogens is 539 g/mol. The number of anilines is 2. The van der Waals surface area contributed by atoms with Crippen molar-refractivity contribution in [1.29, 1.82) is 0 Å². The van der Waals surface area contributed by atoms with Crippen molar-refractivity contribution in [1.82, 2.24) is 10.6 Å². The standard InChI is InChI=1S/C29H34Cl2N4S2/c30-22-12-16(3-7-24(22)32-28(36)34-26-14-18-1-5-20(26)10-18)9-17-4-8-25(23(31)13-17)33-29(37)35-27-15-19-2-6-21(27)11-19/h3-4,7-8,12-13,18-21,26-27H,1-2,5-6,9-11,14-15H2,(H2,32,34,36)(H2,33,35,37)/t18-,19+,20-,21-,26-,27+/m1/s1. The molecule has 0 saturated heterocycles. The van der Waals surface area contributed by atoms with Crippen molar-refractivity contribution in [3.63, 3.8) is 0 Å². The second-order valence-corrected chi connectivity index (χ2v) is 13.2. The fraction of sp³-hybridized carbons (Fsp3) is 0.517. The van der Waals surface area contributed by atoms with E-state index in [0.717, 1.165) is 52.6 Å². The normalized spacial score (nSPS) is 29.4. The van der Waals surface area contributed by atoms with E-state index in [-0.39, 0.29) is 0 Å². The summed E-state index contributed by atoms with van der Waals surface area (Å²) in [5, 5.41) is 16.3. The molecule has 0 aromatic heterocycles. The van der Waals surface area contributed by atoms with Gasteiger partial charge in [0.15, 0.2) is 10.2 Å². The smallest absolute Gasteiger partial charge is 0.171 e. The first kappa shape index (κ1) is 25.7. The first-order valence-corrected chi connectivity index (χ1v) is 15.2. The molecule has 8 heteroatoms. The molecule has 6 rings (SSSR count). The minimum atomic E-state index is 0.502. The Morgan fingerprint density at radius 3 is 1.49 bits per heavy atom. The van der Waals surface area contributed by atoms with Gasteiger partial charge in [0.25, 0.3) is 0 Å². The summed E-state index contributed by atoms with van der Waals surface area (Å²) < 4.78 is 0. The molecule has 196 valence electrons. The summed E-state index contributed by atoms with van der Waals surface area (Å²) in [7, 11) is 0. The molecule has 2 aromatic carbocycles. The largest absolute Gasteiger partial charge is 0.359 e. The fourth-order valence-corrected chi connectivity index (χ4v) is 8.30. The van der Waals surface area contributed by atoms with Gasteiger partial charge < -0.3 is 21.3 Å². The van der Waals surface area contributed by atoms with Gasteiger partial charge in [-0.25, -0.2) is 0 Å². The monoisotopic (exact) mass is 572 g/mol. The predicted octanol–water partition coefficient (Wildman–Crippen LogP) is 7.53. The Balaban J connectivity index is 1.02. The third kappa shape index (κ3) is 5.88. The quantitative estimate of drug-likeness (QED) is 0.268. The van der Waals surface area contributed by atoms with Gasteiger partial charge >= 0.3 is 0 Å². The van der Waals surface area contributed by atoms with Gasteiger partial charge in [-0.3, -0.25) is 0 Å². The summed E-state index contributed by atoms with van der Waals surface area (Å²) in [5.74, 6) is 3.30. The van der Waals surface area contributed by atoms with Gasteiger partial charge in [0.05, 0.1) is 21.4 Å². The fourth-order valence-electron chi connectivity index (χ4n) is 7.27. The van der Waals surface area contributed by atoms with Crippen LogP contribution in [0.5, 0.6) is 0 Å². The predicted molar refractivity (Wildman–Crippen MR) is 163 cm³/mol. The van der Waals surface area contributed by atoms with Crippen molar-refractivity contribution >= 4 is 69.2 Å². The van der Waals surface area contributed by atoms with Crippen LogP contribution in [0.15, 0.2) is 36.4 Å². The molecule has 4 aliphatic carbocycles. The molecule has 0 amide bonds. The van der Waals surface area contributed by atoms with E-state index < -0.39 is 0 Å². The Morgan fingerprint density at radius 1 is 0.676 bits per heavy atom. The molecule has 4 saturated carbocycles. The maximum atomic E-state index is 6.62. The highest BCUT2D eigenvalue weighted by atomic mass is 35.5. The molecule has 0 aliphatic heterocycles. The summed E-state index contributed by atoms with van der Waals surface area (Å²) in [6.45, 7) is 0. The van der Waals surface area contributed by atoms with Crippen molar-refractivity contribution in [2.24, 2.45) is 23.7 Å². The van der Waals surface area contributed by atoms with Crippen LogP contribution in [0.4, 0.5) is 11.4 Å². The number of hydrogen-bond donors (Lipinski definition) is 4. The van der Waals surface area contributed by atoms with Crippen LogP contribution in [-0.4, -0.2) is 22.3 Å². The highest BCUT2D eigenvalue weighted by molar-refractivity contribution is 7.80. The van der Waals surface area contributed by atoms with Gasteiger partial charge in [-0.2, -0.15) is 0 Å². The molecule has 0 radical (unpaired) electrons. The molecule has 37 heavy (non-hydrogen) atoms. The van der Waals surface area contributed by atoms with Crippen molar-refractivity contribution in [3.05, 3.63) is 57.6 Å². The van der Waals surface area contributed by atoms with Crippen LogP contribution in [0.1, 0.15) is 62.5 Å². The van der Waals surface area contributed by atoms with Crippen LogP contribution in [0.2, 0.25) is 10.0 Å². The average Bonchev–Trinajstić information content (AvgIpc) is 3.65. The van der Waals surface area contributed by atoms with E-state index >= 15 is 0 Å². The molecule has 4 bridgehead atoms. The van der Waals surface area contributed by atoms with E-state index in [0.29, 0.717) is 32.4 Å². The third-order valence-corrected chi connectivity index (χ3v) is 10.1. The number of halogens is 2. The van der Waals surface area contributed by atoms with Crippen LogP contribution in [0.25, 0.3) is 0 Å². The Hall–Kier alpha value is -1.60. The maximum absolute atomic E-state index is 6.62. The number of fused-ring (bicyclic) bond motifs is 4. The summed E-state index contributed by atoms with van der Waals surface area (Å²) in [5.41, 5.74) is 3.90. The first-order valence-electron chi connectivity index (χ1n) is 13.6. The summed E-state index contributed by atoms with van der Waals surface area (Å²) in [6.07, 6.45) is 11.3. The van der Waals surface area contributed by atoms with Gasteiger partial charge in [-0.05, 0) is 128 Å². The van der Waals surface area contributed by atoms with Crippen molar-refractivity contribution in [2.75, 3.05) is 10.6 Å². The SMILES string of the molecule is S=C(Nc1ccc(Cc2ccc(NC(=S)N[C@@H]3C[C@@H]4CC[C@@H]3C4)c(Cl)c2)cc1Cl)N[C@H]1C[C@H]2CC[C@@H]1C2. The molecule has 4 fully saturated rings.